The fourth-order valence-corrected chi connectivity index (χ4v) is 24.0. The van der Waals surface area contributed by atoms with E-state index >= 15 is 0 Å². The Hall–Kier alpha value is 0.290. The highest BCUT2D eigenvalue weighted by atomic mass is 32.2. The molecular formula is C98H196O7S3. The molecule has 10 heteroatoms. The van der Waals surface area contributed by atoms with Crippen LogP contribution in [0.3, 0.4) is 0 Å². The third-order valence-electron chi connectivity index (χ3n) is 27.2. The van der Waals surface area contributed by atoms with Crippen LogP contribution < -0.4 is 0 Å². The summed E-state index contributed by atoms with van der Waals surface area (Å²) >= 11 is 0. The van der Waals surface area contributed by atoms with Crippen molar-refractivity contribution in [3.63, 3.8) is 0 Å². The standard InChI is InChI=1S/3C14H28OS.4C14H28O/c1-13(2,3)11-7-8-12(14(4,5)6)10-16(15)9-11;1-13(2,3)11-8-7-9-16(15)12(10-11)14(4,5)6;1-13(2,3)11-8-7-9-12(14(4,5)6)16(15)10-11;1-13(2,3)11-7-8-15-10-12(9-11)14(4,5)6;1-13(2,3)11-7-8-12(10-15-9-11)14(4,5)6;1-13(2,3)11-7-8-12(14(4,5)6)15-10-9-11;1-13(2,3)11-8-7-9-12(15-10-11)14(4,5)6/h3*11-12H,7-10H2,1-6H3;4*11-12H,7-10H2,1-6H3. The monoisotopic (exact) mass is 1580 g/mol. The molecule has 0 aromatic heterocycles. The Balaban J connectivity index is 0.000000630. The fraction of sp³-hybridized carbons (Fsp3) is 1.00. The molecule has 648 valence electrons. The summed E-state index contributed by atoms with van der Waals surface area (Å²) in [5.74, 6) is 10.8. The van der Waals surface area contributed by atoms with Gasteiger partial charge in [-0.25, -0.2) is 0 Å². The predicted octanol–water partition coefficient (Wildman–Crippen LogP) is 28.6. The van der Waals surface area contributed by atoms with E-state index in [1.165, 1.54) is 96.3 Å². The average Bonchev–Trinajstić information content (AvgIpc) is 1.65. The molecule has 0 bridgehead atoms. The second kappa shape index (κ2) is 43.3. The summed E-state index contributed by atoms with van der Waals surface area (Å²) in [7, 11) is -1.87. The van der Waals surface area contributed by atoms with Gasteiger partial charge in [-0.05, 0) is 238 Å². The average molecular weight is 1580 g/mol. The van der Waals surface area contributed by atoms with Crippen molar-refractivity contribution in [2.75, 3.05) is 62.7 Å². The molecule has 7 rings (SSSR count). The van der Waals surface area contributed by atoms with Gasteiger partial charge >= 0.3 is 0 Å². The van der Waals surface area contributed by atoms with Gasteiger partial charge in [0.15, 0.2) is 0 Å². The van der Waals surface area contributed by atoms with Gasteiger partial charge in [0.25, 0.3) is 0 Å². The quantitative estimate of drug-likeness (QED) is 0.239. The number of hydrogen-bond acceptors (Lipinski definition) is 7. The normalized spacial score (nSPS) is 31.6. The molecule has 0 spiro atoms. The van der Waals surface area contributed by atoms with E-state index in [9.17, 15) is 12.6 Å². The Kier molecular flexibility index (Phi) is 42.6. The lowest BCUT2D eigenvalue weighted by molar-refractivity contribution is -0.0380. The van der Waals surface area contributed by atoms with Gasteiger partial charge in [-0.15, -0.1) is 0 Å². The first kappa shape index (κ1) is 106. The summed E-state index contributed by atoms with van der Waals surface area (Å²) < 4.78 is 60.5. The Labute approximate surface area is 686 Å². The molecule has 0 N–H and O–H groups in total. The van der Waals surface area contributed by atoms with Gasteiger partial charge in [-0.1, -0.05) is 304 Å². The Morgan fingerprint density at radius 2 is 0.546 bits per heavy atom. The zero-order valence-electron chi connectivity index (χ0n) is 81.0. The van der Waals surface area contributed by atoms with E-state index in [2.05, 4.69) is 291 Å². The molecule has 7 aliphatic heterocycles. The minimum absolute atomic E-state index is 0.179. The first-order valence-electron chi connectivity index (χ1n) is 44.7. The summed E-state index contributed by atoms with van der Waals surface area (Å²) in [6, 6.07) is 0. The van der Waals surface area contributed by atoms with E-state index in [1.807, 2.05) is 0 Å². The molecule has 7 aliphatic rings. The van der Waals surface area contributed by atoms with Crippen LogP contribution in [0.4, 0.5) is 0 Å². The number of hydrogen-bond donors (Lipinski definition) is 0. The first-order valence-corrected chi connectivity index (χ1v) is 48.9. The third kappa shape index (κ3) is 41.1. The lowest BCUT2D eigenvalue weighted by Gasteiger charge is -2.36. The fourth-order valence-electron chi connectivity index (χ4n) is 17.1. The summed E-state index contributed by atoms with van der Waals surface area (Å²) in [6.07, 6.45) is 23.4. The number of ether oxygens (including phenoxy) is 4. The van der Waals surface area contributed by atoms with Crippen molar-refractivity contribution in [1.29, 1.82) is 0 Å². The molecule has 16 unspecified atom stereocenters. The van der Waals surface area contributed by atoms with Crippen molar-refractivity contribution in [2.24, 2.45) is 135 Å². The zero-order chi connectivity index (χ0) is 84.4. The number of rotatable bonds is 0. The summed E-state index contributed by atoms with van der Waals surface area (Å²) in [5.41, 5.74) is 4.69. The maximum absolute atomic E-state index is 12.4. The molecule has 0 aliphatic carbocycles. The van der Waals surface area contributed by atoms with Crippen LogP contribution in [-0.4, -0.2) is 98.0 Å². The van der Waals surface area contributed by atoms with Crippen LogP contribution in [0.2, 0.25) is 0 Å². The summed E-state index contributed by atoms with van der Waals surface area (Å²) in [4.78, 5) is 0. The second-order valence-electron chi connectivity index (χ2n) is 51.1. The first-order chi connectivity index (χ1) is 48.2. The van der Waals surface area contributed by atoms with Gasteiger partial charge in [-0.2, -0.15) is 0 Å². The molecule has 7 nitrogen and oxygen atoms in total. The van der Waals surface area contributed by atoms with Crippen molar-refractivity contribution in [3.8, 4) is 0 Å². The highest BCUT2D eigenvalue weighted by Gasteiger charge is 2.42. The van der Waals surface area contributed by atoms with Crippen molar-refractivity contribution in [1.82, 2.24) is 0 Å². The van der Waals surface area contributed by atoms with Crippen molar-refractivity contribution < 1.29 is 31.6 Å². The van der Waals surface area contributed by atoms with Gasteiger partial charge in [0.05, 0.1) is 18.8 Å². The SMILES string of the molecule is CC(C)(C)C1CCC(C(C)(C)C)COC1.CC(C)(C)C1CCC(C(C)(C)C)CS(=O)C1.CC(C)(C)C1CCCC(C(C)(C)C)OC1.CC(C)(C)C1CCCC(C(C)(C)C)S(=O)C1.CC(C)(C)C1CCCS(=O)C(C(C)(C)C)C1.CC(C)(C)C1CCOC(C(C)(C)C)CC1.CC(C)(C)C1CCOCC(C(C)(C)C)C1. The molecule has 108 heavy (non-hydrogen) atoms. The maximum atomic E-state index is 12.4. The van der Waals surface area contributed by atoms with E-state index in [1.54, 1.807) is 0 Å². The van der Waals surface area contributed by atoms with Crippen LogP contribution in [0.5, 0.6) is 0 Å². The smallest absolute Gasteiger partial charge is 0.0623 e. The largest absolute Gasteiger partial charge is 0.381 e. The van der Waals surface area contributed by atoms with E-state index in [4.69, 9.17) is 18.9 Å². The van der Waals surface area contributed by atoms with Crippen molar-refractivity contribution >= 4 is 32.4 Å². The second-order valence-corrected chi connectivity index (χ2v) is 56.0. The molecule has 7 heterocycles. The van der Waals surface area contributed by atoms with Crippen LogP contribution in [0.15, 0.2) is 0 Å². The van der Waals surface area contributed by atoms with Gasteiger partial charge < -0.3 is 18.9 Å². The lowest BCUT2D eigenvalue weighted by Crippen LogP contribution is -2.34. The van der Waals surface area contributed by atoms with Gasteiger partial charge in [0.1, 0.15) is 0 Å². The van der Waals surface area contributed by atoms with Crippen LogP contribution in [-0.2, 0) is 51.3 Å². The molecule has 0 amide bonds. The van der Waals surface area contributed by atoms with Crippen LogP contribution in [0, 0.1) is 135 Å². The van der Waals surface area contributed by atoms with E-state index < -0.39 is 32.4 Å². The molecule has 16 atom stereocenters. The molecular weight excluding hydrogens is 1390 g/mol. The molecule has 7 saturated heterocycles. The highest BCUT2D eigenvalue weighted by Crippen LogP contribution is 2.47. The third-order valence-corrected chi connectivity index (χ3v) is 33.3. The molecule has 0 aromatic carbocycles. The zero-order valence-corrected chi connectivity index (χ0v) is 83.4. The highest BCUT2D eigenvalue weighted by molar-refractivity contribution is 7.86. The van der Waals surface area contributed by atoms with E-state index in [0.717, 1.165) is 117 Å². The van der Waals surface area contributed by atoms with Gasteiger partial charge in [0.2, 0.25) is 0 Å². The van der Waals surface area contributed by atoms with Crippen LogP contribution >= 0.6 is 0 Å². The molecule has 0 aromatic rings. The maximum Gasteiger partial charge on any atom is 0.0623 e. The minimum Gasteiger partial charge on any atom is -0.381 e. The van der Waals surface area contributed by atoms with Crippen molar-refractivity contribution in [3.05, 3.63) is 0 Å². The lowest BCUT2D eigenvalue weighted by atomic mass is 9.69. The summed E-state index contributed by atoms with van der Waals surface area (Å²) in [5, 5.41) is 0.763. The molecule has 7 fully saturated rings. The summed E-state index contributed by atoms with van der Waals surface area (Å²) in [6.45, 7) is 103. The van der Waals surface area contributed by atoms with E-state index in [0.29, 0.717) is 111 Å². The predicted molar refractivity (Wildman–Crippen MR) is 483 cm³/mol. The minimum atomic E-state index is -0.641. The topological polar surface area (TPSA) is 88.1 Å². The molecule has 0 saturated carbocycles. The van der Waals surface area contributed by atoms with Crippen LogP contribution in [0.25, 0.3) is 0 Å². The van der Waals surface area contributed by atoms with Crippen LogP contribution in [0.1, 0.15) is 406 Å². The van der Waals surface area contributed by atoms with Gasteiger partial charge in [-0.3, -0.25) is 12.6 Å². The van der Waals surface area contributed by atoms with Gasteiger partial charge in [0, 0.05) is 98.9 Å². The molecule has 0 radical (unpaired) electrons. The van der Waals surface area contributed by atoms with Crippen molar-refractivity contribution in [2.45, 2.75) is 429 Å². The Morgan fingerprint density at radius 3 is 0.944 bits per heavy atom. The Morgan fingerprint density at radius 1 is 0.222 bits per heavy atom. The Bertz CT molecular complexity index is 2300. The van der Waals surface area contributed by atoms with E-state index in [-0.39, 0.29) is 10.8 Å².